The van der Waals surface area contributed by atoms with E-state index in [1.54, 1.807) is 0 Å². The number of aliphatic imine (C=N–C) groups is 1. The van der Waals surface area contributed by atoms with Crippen LogP contribution in [0.1, 0.15) is 45.4 Å². The van der Waals surface area contributed by atoms with Crippen LogP contribution >= 0.6 is 0 Å². The molecule has 0 aromatic heterocycles. The van der Waals surface area contributed by atoms with E-state index >= 15 is 0 Å². The van der Waals surface area contributed by atoms with Crippen molar-refractivity contribution >= 4 is 5.96 Å². The van der Waals surface area contributed by atoms with Crippen LogP contribution in [0.2, 0.25) is 0 Å². The van der Waals surface area contributed by atoms with Gasteiger partial charge in [-0.2, -0.15) is 0 Å². The lowest BCUT2D eigenvalue weighted by atomic mass is 9.87. The monoisotopic (exact) mass is 310 g/mol. The molecule has 2 rings (SSSR count). The number of guanidine groups is 1. The van der Waals surface area contributed by atoms with Crippen molar-refractivity contribution in [2.24, 2.45) is 10.9 Å². The van der Waals surface area contributed by atoms with Crippen LogP contribution in [0.5, 0.6) is 0 Å². The molecule has 0 unspecified atom stereocenters. The second kappa shape index (κ2) is 8.16. The number of ether oxygens (including phenoxy) is 1. The SMILES string of the molecule is CN=C(NCC1(N(C)C)CCOCC1)NC1CCC(C)CC1. The van der Waals surface area contributed by atoms with E-state index in [1.165, 1.54) is 25.7 Å². The molecule has 0 spiro atoms. The minimum absolute atomic E-state index is 0.178. The molecule has 0 bridgehead atoms. The van der Waals surface area contributed by atoms with Crippen LogP contribution in [-0.2, 0) is 4.74 Å². The van der Waals surface area contributed by atoms with E-state index in [2.05, 4.69) is 41.5 Å². The second-order valence-electron chi connectivity index (χ2n) is 7.26. The minimum Gasteiger partial charge on any atom is -0.381 e. The largest absolute Gasteiger partial charge is 0.381 e. The summed E-state index contributed by atoms with van der Waals surface area (Å²) in [4.78, 5) is 6.77. The van der Waals surface area contributed by atoms with Gasteiger partial charge < -0.3 is 20.3 Å². The van der Waals surface area contributed by atoms with E-state index in [-0.39, 0.29) is 5.54 Å². The van der Waals surface area contributed by atoms with E-state index < -0.39 is 0 Å². The number of hydrogen-bond donors (Lipinski definition) is 2. The van der Waals surface area contributed by atoms with Gasteiger partial charge >= 0.3 is 0 Å². The van der Waals surface area contributed by atoms with Crippen LogP contribution in [0.3, 0.4) is 0 Å². The highest BCUT2D eigenvalue weighted by Crippen LogP contribution is 2.25. The first kappa shape index (κ1) is 17.5. The van der Waals surface area contributed by atoms with Crippen molar-refractivity contribution in [3.05, 3.63) is 0 Å². The molecule has 1 aliphatic carbocycles. The molecule has 0 radical (unpaired) electrons. The van der Waals surface area contributed by atoms with Gasteiger partial charge in [0.1, 0.15) is 0 Å². The summed E-state index contributed by atoms with van der Waals surface area (Å²) in [5.74, 6) is 1.83. The van der Waals surface area contributed by atoms with Gasteiger partial charge in [-0.05, 0) is 58.5 Å². The third-order valence-electron chi connectivity index (χ3n) is 5.54. The Hall–Kier alpha value is -0.810. The summed E-state index contributed by atoms with van der Waals surface area (Å²) in [6.45, 7) is 4.99. The Labute approximate surface area is 135 Å². The summed E-state index contributed by atoms with van der Waals surface area (Å²) < 4.78 is 5.54. The minimum atomic E-state index is 0.178. The molecule has 2 aliphatic rings. The highest BCUT2D eigenvalue weighted by molar-refractivity contribution is 5.80. The van der Waals surface area contributed by atoms with Crippen LogP contribution < -0.4 is 10.6 Å². The first-order chi connectivity index (χ1) is 10.6. The number of likely N-dealkylation sites (N-methyl/N-ethyl adjacent to an activating group) is 1. The molecule has 1 saturated heterocycles. The van der Waals surface area contributed by atoms with E-state index in [4.69, 9.17) is 4.74 Å². The molecule has 0 aromatic rings. The van der Waals surface area contributed by atoms with Crippen molar-refractivity contribution in [2.75, 3.05) is 40.9 Å². The maximum atomic E-state index is 5.54. The van der Waals surface area contributed by atoms with Gasteiger partial charge in [0, 0.05) is 38.4 Å². The lowest BCUT2D eigenvalue weighted by Crippen LogP contribution is -2.57. The summed E-state index contributed by atoms with van der Waals surface area (Å²) in [5.41, 5.74) is 0.178. The van der Waals surface area contributed by atoms with E-state index in [0.717, 1.165) is 44.5 Å². The fourth-order valence-corrected chi connectivity index (χ4v) is 3.57. The lowest BCUT2D eigenvalue weighted by molar-refractivity contribution is -0.00503. The summed E-state index contributed by atoms with van der Waals surface area (Å²) in [5, 5.41) is 7.17. The predicted octanol–water partition coefficient (Wildman–Crippen LogP) is 1.84. The molecule has 128 valence electrons. The summed E-state index contributed by atoms with van der Waals surface area (Å²) >= 11 is 0. The Morgan fingerprint density at radius 2 is 1.82 bits per heavy atom. The smallest absolute Gasteiger partial charge is 0.191 e. The van der Waals surface area contributed by atoms with Crippen LogP contribution in [0.25, 0.3) is 0 Å². The molecule has 0 atom stereocenters. The van der Waals surface area contributed by atoms with E-state index in [1.807, 2.05) is 7.05 Å². The molecule has 5 nitrogen and oxygen atoms in total. The summed E-state index contributed by atoms with van der Waals surface area (Å²) in [7, 11) is 6.21. The molecule has 5 heteroatoms. The third-order valence-corrected chi connectivity index (χ3v) is 5.54. The van der Waals surface area contributed by atoms with Crippen molar-refractivity contribution in [3.63, 3.8) is 0 Å². The molecule has 1 heterocycles. The second-order valence-corrected chi connectivity index (χ2v) is 7.26. The van der Waals surface area contributed by atoms with Gasteiger partial charge in [-0.3, -0.25) is 4.99 Å². The van der Waals surface area contributed by atoms with Crippen LogP contribution in [0.4, 0.5) is 0 Å². The van der Waals surface area contributed by atoms with Gasteiger partial charge in [0.25, 0.3) is 0 Å². The maximum absolute atomic E-state index is 5.54. The number of rotatable bonds is 4. The molecular formula is C17H34N4O. The summed E-state index contributed by atoms with van der Waals surface area (Å²) in [6, 6.07) is 0.576. The van der Waals surface area contributed by atoms with Crippen molar-refractivity contribution in [1.82, 2.24) is 15.5 Å². The summed E-state index contributed by atoms with van der Waals surface area (Å²) in [6.07, 6.45) is 7.32. The number of hydrogen-bond acceptors (Lipinski definition) is 3. The Bertz CT molecular complexity index is 356. The first-order valence-electron chi connectivity index (χ1n) is 8.78. The van der Waals surface area contributed by atoms with Gasteiger partial charge in [-0.15, -0.1) is 0 Å². The highest BCUT2D eigenvalue weighted by atomic mass is 16.5. The predicted molar refractivity (Wildman–Crippen MR) is 92.4 cm³/mol. The van der Waals surface area contributed by atoms with Crippen molar-refractivity contribution in [1.29, 1.82) is 0 Å². The zero-order valence-corrected chi connectivity index (χ0v) is 14.8. The lowest BCUT2D eigenvalue weighted by Gasteiger charge is -2.43. The highest BCUT2D eigenvalue weighted by Gasteiger charge is 2.35. The first-order valence-corrected chi connectivity index (χ1v) is 8.78. The van der Waals surface area contributed by atoms with Gasteiger partial charge in [-0.25, -0.2) is 0 Å². The standard InChI is InChI=1S/C17H34N4O/c1-14-5-7-15(8-6-14)20-16(18-2)19-13-17(21(3)4)9-11-22-12-10-17/h14-15H,5-13H2,1-4H3,(H2,18,19,20). The van der Waals surface area contributed by atoms with Crippen molar-refractivity contribution < 1.29 is 4.74 Å². The third kappa shape index (κ3) is 4.59. The zero-order valence-electron chi connectivity index (χ0n) is 14.8. The normalized spacial score (nSPS) is 29.4. The van der Waals surface area contributed by atoms with Crippen LogP contribution in [-0.4, -0.2) is 63.3 Å². The topological polar surface area (TPSA) is 48.9 Å². The molecule has 1 aliphatic heterocycles. The Morgan fingerprint density at radius 3 is 2.36 bits per heavy atom. The van der Waals surface area contributed by atoms with Gasteiger partial charge in [0.05, 0.1) is 0 Å². The fraction of sp³-hybridized carbons (Fsp3) is 0.941. The van der Waals surface area contributed by atoms with Gasteiger partial charge in [-0.1, -0.05) is 6.92 Å². The van der Waals surface area contributed by atoms with Gasteiger partial charge in [0.15, 0.2) is 5.96 Å². The zero-order chi connectivity index (χ0) is 16.0. The molecule has 2 fully saturated rings. The maximum Gasteiger partial charge on any atom is 0.191 e. The number of nitrogens with one attached hydrogen (secondary N) is 2. The van der Waals surface area contributed by atoms with E-state index in [9.17, 15) is 0 Å². The van der Waals surface area contributed by atoms with Crippen molar-refractivity contribution in [3.8, 4) is 0 Å². The fourth-order valence-electron chi connectivity index (χ4n) is 3.57. The average molecular weight is 310 g/mol. The van der Waals surface area contributed by atoms with Crippen LogP contribution in [0, 0.1) is 5.92 Å². The molecule has 0 amide bonds. The van der Waals surface area contributed by atoms with E-state index in [0.29, 0.717) is 6.04 Å². The Kier molecular flexibility index (Phi) is 6.50. The molecule has 2 N–H and O–H groups in total. The quantitative estimate of drug-likeness (QED) is 0.614. The van der Waals surface area contributed by atoms with Crippen molar-refractivity contribution in [2.45, 2.75) is 57.0 Å². The van der Waals surface area contributed by atoms with Crippen LogP contribution in [0.15, 0.2) is 4.99 Å². The molecule has 1 saturated carbocycles. The number of nitrogens with zero attached hydrogens (tertiary/aromatic N) is 2. The van der Waals surface area contributed by atoms with Gasteiger partial charge in [0.2, 0.25) is 0 Å². The molecule has 22 heavy (non-hydrogen) atoms. The Morgan fingerprint density at radius 1 is 1.18 bits per heavy atom. The average Bonchev–Trinajstić information content (AvgIpc) is 2.54. The Balaban J connectivity index is 1.84. The molecule has 0 aromatic carbocycles. The molecular weight excluding hydrogens is 276 g/mol.